The monoisotopic (exact) mass is 239 g/mol. The molecule has 0 amide bonds. The maximum absolute atomic E-state index is 11.6. The minimum absolute atomic E-state index is 0.221. The number of hydrogen-bond donors (Lipinski definition) is 1. The van der Waals surface area contributed by atoms with E-state index in [-0.39, 0.29) is 11.9 Å². The molecule has 1 aliphatic rings. The Kier molecular flexibility index (Phi) is 3.61. The van der Waals surface area contributed by atoms with Crippen LogP contribution in [0.2, 0.25) is 0 Å². The minimum Gasteiger partial charge on any atom is -0.468 e. The number of thiophene rings is 1. The molecule has 2 rings (SSSR count). The van der Waals surface area contributed by atoms with Gasteiger partial charge in [0.2, 0.25) is 0 Å². The molecule has 4 heteroatoms. The molecule has 88 valence electrons. The molecule has 1 aromatic heterocycles. The Labute approximate surface area is 99.6 Å². The zero-order chi connectivity index (χ0) is 11.5. The maximum atomic E-state index is 11.6. The Morgan fingerprint density at radius 3 is 2.94 bits per heavy atom. The molecule has 0 saturated heterocycles. The lowest BCUT2D eigenvalue weighted by atomic mass is 9.98. The zero-order valence-electron chi connectivity index (χ0n) is 9.49. The lowest BCUT2D eigenvalue weighted by Gasteiger charge is -2.09. The van der Waals surface area contributed by atoms with Crippen LogP contribution in [0.15, 0.2) is 6.07 Å². The smallest absolute Gasteiger partial charge is 0.315 e. The third-order valence-corrected chi connectivity index (χ3v) is 4.43. The van der Waals surface area contributed by atoms with Gasteiger partial charge in [0.1, 0.15) is 5.92 Å². The average molecular weight is 239 g/mol. The number of methoxy groups -OCH3 is 1. The first-order valence-corrected chi connectivity index (χ1v) is 6.47. The van der Waals surface area contributed by atoms with Gasteiger partial charge in [0.25, 0.3) is 0 Å². The summed E-state index contributed by atoms with van der Waals surface area (Å²) in [6, 6.07) is 2.15. The zero-order valence-corrected chi connectivity index (χ0v) is 10.3. The van der Waals surface area contributed by atoms with Crippen molar-refractivity contribution in [2.24, 2.45) is 5.73 Å². The molecule has 0 bridgehead atoms. The molecule has 1 aliphatic carbocycles. The lowest BCUT2D eigenvalue weighted by Crippen LogP contribution is -2.21. The van der Waals surface area contributed by atoms with Crippen LogP contribution in [0.5, 0.6) is 0 Å². The fourth-order valence-electron chi connectivity index (χ4n) is 2.16. The Hall–Kier alpha value is -0.870. The standard InChI is InChI=1S/C12H17NO2S/c1-15-12(14)9(7-13)11-6-8-4-2-3-5-10(8)16-11/h6,9H,2-5,7,13H2,1H3. The number of hydrogen-bond acceptors (Lipinski definition) is 4. The van der Waals surface area contributed by atoms with E-state index < -0.39 is 0 Å². The van der Waals surface area contributed by atoms with E-state index in [1.54, 1.807) is 11.3 Å². The SMILES string of the molecule is COC(=O)C(CN)c1cc2c(s1)CCCC2. The highest BCUT2D eigenvalue weighted by molar-refractivity contribution is 7.12. The molecule has 0 fully saturated rings. The summed E-state index contributed by atoms with van der Waals surface area (Å²) in [5.41, 5.74) is 7.06. The first kappa shape index (κ1) is 11.6. The molecule has 0 saturated carbocycles. The predicted octanol–water partition coefficient (Wildman–Crippen LogP) is 1.84. The van der Waals surface area contributed by atoms with Gasteiger partial charge in [0, 0.05) is 16.3 Å². The molecule has 2 N–H and O–H groups in total. The van der Waals surface area contributed by atoms with Crippen molar-refractivity contribution in [3.63, 3.8) is 0 Å². The molecule has 1 atom stereocenters. The number of esters is 1. The number of rotatable bonds is 3. The summed E-state index contributed by atoms with van der Waals surface area (Å²) in [4.78, 5) is 14.1. The Morgan fingerprint density at radius 2 is 2.31 bits per heavy atom. The highest BCUT2D eigenvalue weighted by Crippen LogP contribution is 2.33. The van der Waals surface area contributed by atoms with Gasteiger partial charge in [0.05, 0.1) is 7.11 Å². The number of carbonyl (C=O) groups is 1. The maximum Gasteiger partial charge on any atom is 0.315 e. The molecular formula is C12H17NO2S. The average Bonchev–Trinajstić information content (AvgIpc) is 2.72. The van der Waals surface area contributed by atoms with Crippen molar-refractivity contribution in [3.8, 4) is 0 Å². The third kappa shape index (κ3) is 2.13. The molecular weight excluding hydrogens is 222 g/mol. The molecule has 1 aromatic rings. The highest BCUT2D eigenvalue weighted by Gasteiger charge is 2.24. The molecule has 0 aromatic carbocycles. The van der Waals surface area contributed by atoms with Gasteiger partial charge < -0.3 is 10.5 Å². The molecule has 3 nitrogen and oxygen atoms in total. The topological polar surface area (TPSA) is 52.3 Å². The van der Waals surface area contributed by atoms with Crippen LogP contribution in [0.3, 0.4) is 0 Å². The van der Waals surface area contributed by atoms with E-state index in [0.717, 1.165) is 17.7 Å². The van der Waals surface area contributed by atoms with Crippen molar-refractivity contribution >= 4 is 17.3 Å². The predicted molar refractivity (Wildman–Crippen MR) is 64.8 cm³/mol. The summed E-state index contributed by atoms with van der Waals surface area (Å²) in [6.45, 7) is 0.325. The van der Waals surface area contributed by atoms with Crippen molar-refractivity contribution in [1.82, 2.24) is 0 Å². The molecule has 16 heavy (non-hydrogen) atoms. The van der Waals surface area contributed by atoms with Crippen LogP contribution in [-0.2, 0) is 22.4 Å². The molecule has 0 aliphatic heterocycles. The van der Waals surface area contributed by atoms with Gasteiger partial charge in [-0.3, -0.25) is 4.79 Å². The van der Waals surface area contributed by atoms with Crippen molar-refractivity contribution in [2.45, 2.75) is 31.6 Å². The van der Waals surface area contributed by atoms with E-state index in [1.807, 2.05) is 0 Å². The van der Waals surface area contributed by atoms with Crippen LogP contribution in [-0.4, -0.2) is 19.6 Å². The first-order chi connectivity index (χ1) is 7.76. The van der Waals surface area contributed by atoms with Gasteiger partial charge in [-0.05, 0) is 37.3 Å². The Morgan fingerprint density at radius 1 is 1.56 bits per heavy atom. The number of aryl methyl sites for hydroxylation is 2. The van der Waals surface area contributed by atoms with Crippen LogP contribution in [0.25, 0.3) is 0 Å². The van der Waals surface area contributed by atoms with Crippen molar-refractivity contribution < 1.29 is 9.53 Å². The van der Waals surface area contributed by atoms with Gasteiger partial charge in [-0.25, -0.2) is 0 Å². The van der Waals surface area contributed by atoms with Gasteiger partial charge in [-0.2, -0.15) is 0 Å². The third-order valence-electron chi connectivity index (χ3n) is 3.08. The van der Waals surface area contributed by atoms with Crippen LogP contribution in [0.4, 0.5) is 0 Å². The number of fused-ring (bicyclic) bond motifs is 1. The summed E-state index contributed by atoms with van der Waals surface area (Å²) in [7, 11) is 1.42. The second kappa shape index (κ2) is 4.97. The van der Waals surface area contributed by atoms with Gasteiger partial charge in [-0.15, -0.1) is 11.3 Å². The minimum atomic E-state index is -0.277. The van der Waals surface area contributed by atoms with Crippen LogP contribution >= 0.6 is 11.3 Å². The number of nitrogens with two attached hydrogens (primary N) is 1. The van der Waals surface area contributed by atoms with Crippen LogP contribution < -0.4 is 5.73 Å². The van der Waals surface area contributed by atoms with Crippen molar-refractivity contribution in [3.05, 3.63) is 21.4 Å². The first-order valence-electron chi connectivity index (χ1n) is 5.65. The van der Waals surface area contributed by atoms with Gasteiger partial charge >= 0.3 is 5.97 Å². The summed E-state index contributed by atoms with van der Waals surface area (Å²) in [6.07, 6.45) is 4.82. The Balaban J connectivity index is 2.25. The number of ether oxygens (including phenoxy) is 1. The van der Waals surface area contributed by atoms with Crippen molar-refractivity contribution in [1.29, 1.82) is 0 Å². The fraction of sp³-hybridized carbons (Fsp3) is 0.583. The van der Waals surface area contributed by atoms with E-state index in [4.69, 9.17) is 10.5 Å². The summed E-state index contributed by atoms with van der Waals surface area (Å²) < 4.78 is 4.78. The molecule has 1 heterocycles. The molecule has 0 spiro atoms. The van der Waals surface area contributed by atoms with Crippen LogP contribution in [0, 0.1) is 0 Å². The van der Waals surface area contributed by atoms with E-state index in [0.29, 0.717) is 6.54 Å². The second-order valence-electron chi connectivity index (χ2n) is 4.12. The summed E-state index contributed by atoms with van der Waals surface area (Å²) >= 11 is 1.73. The van der Waals surface area contributed by atoms with Gasteiger partial charge in [-0.1, -0.05) is 0 Å². The van der Waals surface area contributed by atoms with E-state index in [9.17, 15) is 4.79 Å². The van der Waals surface area contributed by atoms with E-state index in [2.05, 4.69) is 6.07 Å². The van der Waals surface area contributed by atoms with Crippen molar-refractivity contribution in [2.75, 3.05) is 13.7 Å². The highest BCUT2D eigenvalue weighted by atomic mass is 32.1. The van der Waals surface area contributed by atoms with Gasteiger partial charge in [0.15, 0.2) is 0 Å². The largest absolute Gasteiger partial charge is 0.468 e. The molecule has 0 radical (unpaired) electrons. The Bertz CT molecular complexity index is 363. The summed E-state index contributed by atoms with van der Waals surface area (Å²) in [5.74, 6) is -0.498. The number of carbonyl (C=O) groups excluding carboxylic acids is 1. The fourth-order valence-corrected chi connectivity index (χ4v) is 3.52. The molecule has 1 unspecified atom stereocenters. The summed E-state index contributed by atoms with van der Waals surface area (Å²) in [5, 5.41) is 0. The van der Waals surface area contributed by atoms with E-state index in [1.165, 1.54) is 30.4 Å². The lowest BCUT2D eigenvalue weighted by molar-refractivity contribution is -0.142. The normalized spacial score (nSPS) is 16.6. The quantitative estimate of drug-likeness (QED) is 0.819. The van der Waals surface area contributed by atoms with E-state index >= 15 is 0 Å². The second-order valence-corrected chi connectivity index (χ2v) is 5.28. The van der Waals surface area contributed by atoms with Crippen LogP contribution in [0.1, 0.15) is 34.1 Å².